The molecule has 0 aliphatic carbocycles. The van der Waals surface area contributed by atoms with E-state index in [2.05, 4.69) is 24.1 Å². The predicted molar refractivity (Wildman–Crippen MR) is 120 cm³/mol. The molecule has 1 saturated heterocycles. The molecule has 35 heavy (non-hydrogen) atoms. The first-order valence-electron chi connectivity index (χ1n) is 11.1. The summed E-state index contributed by atoms with van der Waals surface area (Å²) in [6.07, 6.45) is -3.56. The minimum atomic E-state index is -5.11. The standard InChI is InChI=1S/C24H26F4N4O3/c1-14(2)15(3)12-30-21(33)16-8-9-19(29-13-16)31-10-5-11-32(23(31)35)22(34)17-6-4-7-18(25)20(17)24(26,27)28/h4,6-9,13-15H,5,10-12H2,1-3H3,(H,30,33). The van der Waals surface area contributed by atoms with E-state index in [0.29, 0.717) is 23.4 Å². The van der Waals surface area contributed by atoms with Gasteiger partial charge in [-0.3, -0.25) is 19.4 Å². The first-order chi connectivity index (χ1) is 16.4. The summed E-state index contributed by atoms with van der Waals surface area (Å²) in [5.41, 5.74) is -2.38. The lowest BCUT2D eigenvalue weighted by Gasteiger charge is -2.34. The van der Waals surface area contributed by atoms with E-state index in [1.165, 1.54) is 18.3 Å². The van der Waals surface area contributed by atoms with Gasteiger partial charge in [0.25, 0.3) is 11.8 Å². The highest BCUT2D eigenvalue weighted by atomic mass is 19.4. The molecule has 1 atom stereocenters. The van der Waals surface area contributed by atoms with E-state index < -0.39 is 35.1 Å². The summed E-state index contributed by atoms with van der Waals surface area (Å²) < 4.78 is 54.0. The summed E-state index contributed by atoms with van der Waals surface area (Å²) in [5, 5.41) is 2.82. The SMILES string of the molecule is CC(C)C(C)CNC(=O)c1ccc(N2CCCN(C(=O)c3cccc(F)c3C(F)(F)F)C2=O)nc1. The first kappa shape index (κ1) is 26.1. The molecule has 1 unspecified atom stereocenters. The highest BCUT2D eigenvalue weighted by Gasteiger charge is 2.41. The number of aromatic nitrogens is 1. The van der Waals surface area contributed by atoms with Gasteiger partial charge in [-0.1, -0.05) is 26.8 Å². The van der Waals surface area contributed by atoms with Crippen LogP contribution in [0.5, 0.6) is 0 Å². The van der Waals surface area contributed by atoms with Gasteiger partial charge in [-0.15, -0.1) is 0 Å². The molecule has 188 valence electrons. The Balaban J connectivity index is 1.77. The van der Waals surface area contributed by atoms with Gasteiger partial charge in [0.05, 0.1) is 11.1 Å². The van der Waals surface area contributed by atoms with Crippen molar-refractivity contribution in [1.82, 2.24) is 15.2 Å². The summed E-state index contributed by atoms with van der Waals surface area (Å²) in [4.78, 5) is 44.1. The average Bonchev–Trinajstić information content (AvgIpc) is 2.81. The Labute approximate surface area is 200 Å². The van der Waals surface area contributed by atoms with Crippen LogP contribution >= 0.6 is 0 Å². The summed E-state index contributed by atoms with van der Waals surface area (Å²) in [6.45, 7) is 6.64. The van der Waals surface area contributed by atoms with Crippen LogP contribution in [0.25, 0.3) is 0 Å². The second-order valence-corrected chi connectivity index (χ2v) is 8.74. The minimum absolute atomic E-state index is 0.128. The van der Waals surface area contributed by atoms with Gasteiger partial charge in [-0.2, -0.15) is 13.2 Å². The number of alkyl halides is 3. The van der Waals surface area contributed by atoms with Crippen molar-refractivity contribution >= 4 is 23.7 Å². The lowest BCUT2D eigenvalue weighted by molar-refractivity contribution is -0.140. The van der Waals surface area contributed by atoms with Crippen molar-refractivity contribution in [1.29, 1.82) is 0 Å². The molecular weight excluding hydrogens is 468 g/mol. The number of halogens is 4. The van der Waals surface area contributed by atoms with Gasteiger partial charge in [0, 0.05) is 25.8 Å². The molecule has 0 saturated carbocycles. The maximum Gasteiger partial charge on any atom is 0.420 e. The number of hydrogen-bond acceptors (Lipinski definition) is 4. The van der Waals surface area contributed by atoms with Crippen molar-refractivity contribution in [2.45, 2.75) is 33.4 Å². The van der Waals surface area contributed by atoms with Gasteiger partial charge in [0.1, 0.15) is 17.2 Å². The van der Waals surface area contributed by atoms with Crippen LogP contribution in [0.2, 0.25) is 0 Å². The highest BCUT2D eigenvalue weighted by Crippen LogP contribution is 2.35. The Bertz CT molecular complexity index is 1100. The van der Waals surface area contributed by atoms with Crippen molar-refractivity contribution in [2.75, 3.05) is 24.5 Å². The second-order valence-electron chi connectivity index (χ2n) is 8.74. The quantitative estimate of drug-likeness (QED) is 0.589. The fourth-order valence-electron chi connectivity index (χ4n) is 3.53. The van der Waals surface area contributed by atoms with Crippen LogP contribution in [0.4, 0.5) is 28.2 Å². The Morgan fingerprint density at radius 1 is 1.11 bits per heavy atom. The van der Waals surface area contributed by atoms with E-state index in [-0.39, 0.29) is 42.7 Å². The second kappa shape index (κ2) is 10.4. The highest BCUT2D eigenvalue weighted by molar-refractivity contribution is 6.09. The molecule has 7 nitrogen and oxygen atoms in total. The van der Waals surface area contributed by atoms with E-state index in [4.69, 9.17) is 0 Å². The number of imide groups is 1. The van der Waals surface area contributed by atoms with Crippen LogP contribution in [0, 0.1) is 17.7 Å². The molecule has 1 aliphatic heterocycles. The van der Waals surface area contributed by atoms with Gasteiger partial charge in [-0.25, -0.2) is 14.2 Å². The van der Waals surface area contributed by atoms with Crippen LogP contribution in [-0.4, -0.2) is 47.4 Å². The van der Waals surface area contributed by atoms with Crippen LogP contribution in [0.15, 0.2) is 36.5 Å². The van der Waals surface area contributed by atoms with Crippen molar-refractivity contribution in [3.63, 3.8) is 0 Å². The van der Waals surface area contributed by atoms with E-state index in [0.717, 1.165) is 17.0 Å². The number of nitrogens with zero attached hydrogens (tertiary/aromatic N) is 3. The Morgan fingerprint density at radius 2 is 1.83 bits per heavy atom. The molecule has 0 spiro atoms. The lowest BCUT2D eigenvalue weighted by Crippen LogP contribution is -2.52. The topological polar surface area (TPSA) is 82.6 Å². The Hall–Kier alpha value is -3.50. The third kappa shape index (κ3) is 5.77. The number of carbonyl (C=O) groups is 3. The van der Waals surface area contributed by atoms with E-state index in [9.17, 15) is 31.9 Å². The largest absolute Gasteiger partial charge is 0.420 e. The summed E-state index contributed by atoms with van der Waals surface area (Å²) in [6, 6.07) is 4.45. The Morgan fingerprint density at radius 3 is 2.43 bits per heavy atom. The summed E-state index contributed by atoms with van der Waals surface area (Å²) >= 11 is 0. The van der Waals surface area contributed by atoms with Gasteiger partial charge in [-0.05, 0) is 42.5 Å². The summed E-state index contributed by atoms with van der Waals surface area (Å²) in [5.74, 6) is -2.37. The zero-order chi connectivity index (χ0) is 25.9. The third-order valence-corrected chi connectivity index (χ3v) is 6.01. The third-order valence-electron chi connectivity index (χ3n) is 6.01. The molecular formula is C24H26F4N4O3. The van der Waals surface area contributed by atoms with Crippen molar-refractivity contribution in [3.05, 3.63) is 59.0 Å². The average molecular weight is 494 g/mol. The number of hydrogen-bond donors (Lipinski definition) is 1. The minimum Gasteiger partial charge on any atom is -0.352 e. The molecule has 1 fully saturated rings. The maximum absolute atomic E-state index is 13.9. The fraction of sp³-hybridized carbons (Fsp3) is 0.417. The Kier molecular flexibility index (Phi) is 7.76. The molecule has 1 aromatic heterocycles. The van der Waals surface area contributed by atoms with Crippen molar-refractivity contribution in [3.8, 4) is 0 Å². The van der Waals surface area contributed by atoms with Crippen molar-refractivity contribution < 1.29 is 31.9 Å². The fourth-order valence-corrected chi connectivity index (χ4v) is 3.53. The molecule has 2 aromatic rings. The number of carbonyl (C=O) groups excluding carboxylic acids is 3. The molecule has 11 heteroatoms. The summed E-state index contributed by atoms with van der Waals surface area (Å²) in [7, 11) is 0. The number of pyridine rings is 1. The zero-order valence-electron chi connectivity index (χ0n) is 19.5. The molecule has 3 rings (SSSR count). The number of rotatable bonds is 6. The van der Waals surface area contributed by atoms with Gasteiger partial charge < -0.3 is 5.32 Å². The van der Waals surface area contributed by atoms with E-state index >= 15 is 0 Å². The molecule has 1 aromatic carbocycles. The van der Waals surface area contributed by atoms with E-state index in [1.807, 2.05) is 6.92 Å². The zero-order valence-corrected chi connectivity index (χ0v) is 19.5. The van der Waals surface area contributed by atoms with Crippen LogP contribution < -0.4 is 10.2 Å². The number of amides is 4. The number of anilines is 1. The molecule has 1 aliphatic rings. The number of benzene rings is 1. The van der Waals surface area contributed by atoms with Gasteiger partial charge in [0.2, 0.25) is 0 Å². The maximum atomic E-state index is 13.9. The monoisotopic (exact) mass is 494 g/mol. The number of urea groups is 1. The first-order valence-corrected chi connectivity index (χ1v) is 11.1. The smallest absolute Gasteiger partial charge is 0.352 e. The number of nitrogens with one attached hydrogen (secondary N) is 1. The molecule has 0 bridgehead atoms. The molecule has 0 radical (unpaired) electrons. The van der Waals surface area contributed by atoms with Crippen LogP contribution in [-0.2, 0) is 6.18 Å². The van der Waals surface area contributed by atoms with Gasteiger partial charge >= 0.3 is 12.2 Å². The normalized spacial score (nSPS) is 15.4. The van der Waals surface area contributed by atoms with E-state index in [1.54, 1.807) is 0 Å². The lowest BCUT2D eigenvalue weighted by atomic mass is 9.98. The van der Waals surface area contributed by atoms with Crippen LogP contribution in [0.3, 0.4) is 0 Å². The molecule has 4 amide bonds. The van der Waals surface area contributed by atoms with Crippen LogP contribution in [0.1, 0.15) is 53.5 Å². The predicted octanol–water partition coefficient (Wildman–Crippen LogP) is 4.73. The van der Waals surface area contributed by atoms with Crippen molar-refractivity contribution in [2.24, 2.45) is 11.8 Å². The molecule has 2 heterocycles. The van der Waals surface area contributed by atoms with Gasteiger partial charge in [0.15, 0.2) is 0 Å². The molecule has 1 N–H and O–H groups in total.